The number of fused-ring (bicyclic) bond motifs is 2. The number of carbonyl (C=O) groups excluding carboxylic acids is 2. The van der Waals surface area contributed by atoms with Gasteiger partial charge in [-0.2, -0.15) is 0 Å². The summed E-state index contributed by atoms with van der Waals surface area (Å²) >= 11 is 0. The first kappa shape index (κ1) is 26.2. The van der Waals surface area contributed by atoms with Gasteiger partial charge in [0.2, 0.25) is 0 Å². The van der Waals surface area contributed by atoms with Crippen molar-refractivity contribution >= 4 is 33.6 Å². The molecule has 198 valence electrons. The first-order chi connectivity index (χ1) is 18.8. The summed E-state index contributed by atoms with van der Waals surface area (Å²) in [5.41, 5.74) is 2.99. The van der Waals surface area contributed by atoms with Gasteiger partial charge in [0.05, 0.1) is 0 Å². The van der Waals surface area contributed by atoms with E-state index in [4.69, 9.17) is 4.74 Å². The molecule has 0 aliphatic heterocycles. The molecule has 5 aromatic rings. The van der Waals surface area contributed by atoms with E-state index < -0.39 is 17.6 Å². The second kappa shape index (κ2) is 11.2. The van der Waals surface area contributed by atoms with Gasteiger partial charge in [0.25, 0.3) is 5.91 Å². The van der Waals surface area contributed by atoms with Gasteiger partial charge >= 0.3 is 5.97 Å². The number of carbonyl (C=O) groups is 2. The SMILES string of the molecule is CC(C)(C)OC(=O)[C@H](Cc1ccccc1)N(CCc1c[nH]c2ccccc12)C(=O)c1ccc2ccccc2c1. The normalized spacial score (nSPS) is 12.4. The number of amides is 1. The summed E-state index contributed by atoms with van der Waals surface area (Å²) in [5, 5.41) is 3.16. The lowest BCUT2D eigenvalue weighted by molar-refractivity contribution is -0.160. The standard InChI is InChI=1S/C34H34N2O3/c1-34(2,3)39-33(38)31(21-24-11-5-4-6-12-24)36(20-19-28-23-35-30-16-10-9-15-29(28)30)32(37)27-18-17-25-13-7-8-14-26(25)22-27/h4-18,22-23,31,35H,19-21H2,1-3H3/t31-/m0/s1. The molecule has 0 unspecified atom stereocenters. The molecule has 5 rings (SSSR count). The smallest absolute Gasteiger partial charge is 0.329 e. The molecule has 0 aliphatic rings. The van der Waals surface area contributed by atoms with Gasteiger partial charge in [0.1, 0.15) is 11.6 Å². The van der Waals surface area contributed by atoms with E-state index in [9.17, 15) is 9.59 Å². The molecular weight excluding hydrogens is 484 g/mol. The fraction of sp³-hybridized carbons (Fsp3) is 0.235. The number of H-pyrrole nitrogens is 1. The van der Waals surface area contributed by atoms with Gasteiger partial charge in [0.15, 0.2) is 0 Å². The molecule has 4 aromatic carbocycles. The highest BCUT2D eigenvalue weighted by Crippen LogP contribution is 2.23. The van der Waals surface area contributed by atoms with E-state index in [0.717, 1.165) is 32.8 Å². The average Bonchev–Trinajstić information content (AvgIpc) is 3.35. The molecule has 0 bridgehead atoms. The molecule has 1 amide bonds. The van der Waals surface area contributed by atoms with Crippen LogP contribution in [0.15, 0.2) is 103 Å². The minimum absolute atomic E-state index is 0.188. The average molecular weight is 519 g/mol. The summed E-state index contributed by atoms with van der Waals surface area (Å²) in [7, 11) is 0. The van der Waals surface area contributed by atoms with E-state index in [1.165, 1.54) is 0 Å². The number of esters is 1. The molecule has 1 aromatic heterocycles. The van der Waals surface area contributed by atoms with Crippen molar-refractivity contribution in [3.63, 3.8) is 0 Å². The van der Waals surface area contributed by atoms with E-state index in [-0.39, 0.29) is 5.91 Å². The Morgan fingerprint density at radius 3 is 2.31 bits per heavy atom. The predicted molar refractivity (Wildman–Crippen MR) is 157 cm³/mol. The van der Waals surface area contributed by atoms with Crippen LogP contribution in [-0.4, -0.2) is 39.9 Å². The lowest BCUT2D eigenvalue weighted by atomic mass is 10.0. The van der Waals surface area contributed by atoms with Crippen LogP contribution in [0.5, 0.6) is 0 Å². The summed E-state index contributed by atoms with van der Waals surface area (Å²) in [5.74, 6) is -0.591. The highest BCUT2D eigenvalue weighted by atomic mass is 16.6. The van der Waals surface area contributed by atoms with Crippen molar-refractivity contribution < 1.29 is 14.3 Å². The number of hydrogen-bond donors (Lipinski definition) is 1. The zero-order valence-corrected chi connectivity index (χ0v) is 22.7. The molecule has 1 heterocycles. The summed E-state index contributed by atoms with van der Waals surface area (Å²) in [6.45, 7) is 5.92. The lowest BCUT2D eigenvalue weighted by Gasteiger charge is -2.33. The van der Waals surface area contributed by atoms with Crippen LogP contribution in [0, 0.1) is 0 Å². The Kier molecular flexibility index (Phi) is 7.51. The van der Waals surface area contributed by atoms with Gasteiger partial charge in [-0.3, -0.25) is 4.79 Å². The highest BCUT2D eigenvalue weighted by molar-refractivity contribution is 6.00. The third-order valence-electron chi connectivity index (χ3n) is 6.88. The Morgan fingerprint density at radius 1 is 0.846 bits per heavy atom. The number of nitrogens with zero attached hydrogens (tertiary/aromatic N) is 1. The zero-order chi connectivity index (χ0) is 27.4. The van der Waals surface area contributed by atoms with Gasteiger partial charge in [0, 0.05) is 35.6 Å². The lowest BCUT2D eigenvalue weighted by Crippen LogP contribution is -2.49. The fourth-order valence-electron chi connectivity index (χ4n) is 4.99. The van der Waals surface area contributed by atoms with Crippen LogP contribution in [0.1, 0.15) is 42.3 Å². The number of nitrogens with one attached hydrogen (secondary N) is 1. The molecule has 0 fully saturated rings. The Morgan fingerprint density at radius 2 is 1.54 bits per heavy atom. The van der Waals surface area contributed by atoms with E-state index in [0.29, 0.717) is 24.9 Å². The maximum atomic E-state index is 14.2. The van der Waals surface area contributed by atoms with Gasteiger partial charge in [-0.1, -0.05) is 78.9 Å². The topological polar surface area (TPSA) is 62.4 Å². The van der Waals surface area contributed by atoms with Crippen LogP contribution in [0.25, 0.3) is 21.7 Å². The van der Waals surface area contributed by atoms with Crippen molar-refractivity contribution in [2.75, 3.05) is 6.54 Å². The summed E-state index contributed by atoms with van der Waals surface area (Å²) in [6, 6.07) is 30.8. The number of para-hydroxylation sites is 1. The molecule has 1 N–H and O–H groups in total. The maximum absolute atomic E-state index is 14.2. The molecule has 0 radical (unpaired) electrons. The third-order valence-corrected chi connectivity index (χ3v) is 6.88. The first-order valence-corrected chi connectivity index (χ1v) is 13.4. The third kappa shape index (κ3) is 6.20. The van der Waals surface area contributed by atoms with E-state index in [1.807, 2.05) is 118 Å². The number of rotatable bonds is 8. The van der Waals surface area contributed by atoms with Crippen molar-refractivity contribution in [2.45, 2.75) is 45.3 Å². The van der Waals surface area contributed by atoms with Crippen molar-refractivity contribution in [1.82, 2.24) is 9.88 Å². The first-order valence-electron chi connectivity index (χ1n) is 13.4. The molecule has 5 nitrogen and oxygen atoms in total. The molecular formula is C34H34N2O3. The van der Waals surface area contributed by atoms with Crippen LogP contribution in [0.2, 0.25) is 0 Å². The largest absolute Gasteiger partial charge is 0.458 e. The zero-order valence-electron chi connectivity index (χ0n) is 22.7. The van der Waals surface area contributed by atoms with Crippen LogP contribution < -0.4 is 0 Å². The fourth-order valence-corrected chi connectivity index (χ4v) is 4.99. The number of benzene rings is 4. The Bertz CT molecular complexity index is 1600. The highest BCUT2D eigenvalue weighted by Gasteiger charge is 2.34. The second-order valence-corrected chi connectivity index (χ2v) is 10.9. The van der Waals surface area contributed by atoms with Crippen LogP contribution in [0.4, 0.5) is 0 Å². The van der Waals surface area contributed by atoms with Gasteiger partial charge < -0.3 is 14.6 Å². The van der Waals surface area contributed by atoms with Crippen molar-refractivity contribution in [1.29, 1.82) is 0 Å². The van der Waals surface area contributed by atoms with Crippen molar-refractivity contribution in [3.05, 3.63) is 120 Å². The predicted octanol–water partition coefficient (Wildman–Crippen LogP) is 6.96. The second-order valence-electron chi connectivity index (χ2n) is 10.9. The van der Waals surface area contributed by atoms with Gasteiger partial charge in [-0.25, -0.2) is 4.79 Å². The Labute approximate surface area is 229 Å². The number of aromatic amines is 1. The van der Waals surface area contributed by atoms with Crippen LogP contribution in [-0.2, 0) is 22.4 Å². The molecule has 0 saturated carbocycles. The number of ether oxygens (including phenoxy) is 1. The van der Waals surface area contributed by atoms with E-state index in [1.54, 1.807) is 4.90 Å². The van der Waals surface area contributed by atoms with Crippen molar-refractivity contribution in [3.8, 4) is 0 Å². The Balaban J connectivity index is 1.54. The van der Waals surface area contributed by atoms with Crippen LogP contribution in [0.3, 0.4) is 0 Å². The molecule has 39 heavy (non-hydrogen) atoms. The number of hydrogen-bond acceptors (Lipinski definition) is 3. The minimum Gasteiger partial charge on any atom is -0.458 e. The summed E-state index contributed by atoms with van der Waals surface area (Å²) < 4.78 is 5.88. The monoisotopic (exact) mass is 518 g/mol. The van der Waals surface area contributed by atoms with Gasteiger partial charge in [-0.15, -0.1) is 0 Å². The molecule has 0 saturated heterocycles. The van der Waals surface area contributed by atoms with Crippen LogP contribution >= 0.6 is 0 Å². The van der Waals surface area contributed by atoms with Gasteiger partial charge in [-0.05, 0) is 67.3 Å². The molecule has 1 atom stereocenters. The quantitative estimate of drug-likeness (QED) is 0.226. The minimum atomic E-state index is -0.782. The molecule has 5 heteroatoms. The molecule has 0 spiro atoms. The Hall–Kier alpha value is -4.38. The summed E-state index contributed by atoms with van der Waals surface area (Å²) in [6.07, 6.45) is 2.95. The molecule has 0 aliphatic carbocycles. The van der Waals surface area contributed by atoms with E-state index in [2.05, 4.69) is 11.1 Å². The summed E-state index contributed by atoms with van der Waals surface area (Å²) in [4.78, 5) is 33.0. The van der Waals surface area contributed by atoms with Crippen molar-refractivity contribution in [2.24, 2.45) is 0 Å². The number of aromatic nitrogens is 1. The maximum Gasteiger partial charge on any atom is 0.329 e. The van der Waals surface area contributed by atoms with E-state index >= 15 is 0 Å².